The Morgan fingerprint density at radius 1 is 1.25 bits per heavy atom. The molecule has 134 valence electrons. The van der Waals surface area contributed by atoms with Crippen molar-refractivity contribution in [2.24, 2.45) is 11.8 Å². The predicted molar refractivity (Wildman–Crippen MR) is 83.3 cm³/mol. The molecule has 1 amide bonds. The Morgan fingerprint density at radius 3 is 2.71 bits per heavy atom. The van der Waals surface area contributed by atoms with Crippen molar-refractivity contribution in [2.75, 3.05) is 13.1 Å². The average molecular weight is 343 g/mol. The maximum absolute atomic E-state index is 13.0. The highest BCUT2D eigenvalue weighted by molar-refractivity contribution is 5.79. The van der Waals surface area contributed by atoms with Crippen molar-refractivity contribution >= 4 is 5.91 Å². The van der Waals surface area contributed by atoms with Gasteiger partial charge in [-0.1, -0.05) is 6.42 Å². The molecule has 4 nitrogen and oxygen atoms in total. The lowest BCUT2D eigenvalue weighted by atomic mass is 9.80. The van der Waals surface area contributed by atoms with Gasteiger partial charge in [0.2, 0.25) is 5.91 Å². The lowest BCUT2D eigenvalue weighted by molar-refractivity contribution is -0.187. The van der Waals surface area contributed by atoms with Crippen LogP contribution in [0, 0.1) is 18.8 Å². The predicted octanol–water partition coefficient (Wildman–Crippen LogP) is 3.72. The van der Waals surface area contributed by atoms with Gasteiger partial charge in [-0.3, -0.25) is 9.48 Å². The highest BCUT2D eigenvalue weighted by atomic mass is 19.4. The Labute approximate surface area is 140 Å². The van der Waals surface area contributed by atoms with Gasteiger partial charge >= 0.3 is 6.18 Å². The van der Waals surface area contributed by atoms with Gasteiger partial charge in [-0.2, -0.15) is 18.3 Å². The summed E-state index contributed by atoms with van der Waals surface area (Å²) < 4.78 is 40.8. The van der Waals surface area contributed by atoms with Gasteiger partial charge in [0, 0.05) is 25.2 Å². The molecule has 0 bridgehead atoms. The Hall–Kier alpha value is -1.53. The number of aryl methyl sites for hydroxylation is 1. The second kappa shape index (κ2) is 6.76. The molecule has 0 radical (unpaired) electrons. The van der Waals surface area contributed by atoms with Crippen LogP contribution < -0.4 is 0 Å². The zero-order valence-electron chi connectivity index (χ0n) is 13.9. The molecule has 0 spiro atoms. The molecule has 2 fully saturated rings. The summed E-state index contributed by atoms with van der Waals surface area (Å²) >= 11 is 0. The van der Waals surface area contributed by atoms with Gasteiger partial charge < -0.3 is 4.90 Å². The highest BCUT2D eigenvalue weighted by Gasteiger charge is 2.44. The van der Waals surface area contributed by atoms with Crippen molar-refractivity contribution in [1.82, 2.24) is 14.7 Å². The molecule has 7 heteroatoms. The second-order valence-corrected chi connectivity index (χ2v) is 7.18. The molecule has 1 aromatic heterocycles. The number of hydrogen-bond donors (Lipinski definition) is 0. The topological polar surface area (TPSA) is 38.1 Å². The van der Waals surface area contributed by atoms with Crippen molar-refractivity contribution in [3.05, 3.63) is 18.0 Å². The van der Waals surface area contributed by atoms with E-state index < -0.39 is 18.0 Å². The zero-order chi connectivity index (χ0) is 17.3. The van der Waals surface area contributed by atoms with Gasteiger partial charge in [0.25, 0.3) is 0 Å². The van der Waals surface area contributed by atoms with Crippen LogP contribution in [-0.4, -0.2) is 39.9 Å². The minimum atomic E-state index is -4.18. The van der Waals surface area contributed by atoms with E-state index in [4.69, 9.17) is 0 Å². The van der Waals surface area contributed by atoms with E-state index in [0.717, 1.165) is 18.4 Å². The van der Waals surface area contributed by atoms with Gasteiger partial charge in [0.05, 0.1) is 18.2 Å². The normalized spacial score (nSPS) is 28.8. The SMILES string of the molecule is Cc1cnn(C2CCCN(C(=O)C3CCCC(C(F)(F)F)C3)C2)c1. The van der Waals surface area contributed by atoms with E-state index in [1.54, 1.807) is 11.1 Å². The summed E-state index contributed by atoms with van der Waals surface area (Å²) in [6.07, 6.45) is 2.53. The third-order valence-corrected chi connectivity index (χ3v) is 5.30. The number of rotatable bonds is 2. The van der Waals surface area contributed by atoms with E-state index in [0.29, 0.717) is 25.9 Å². The van der Waals surface area contributed by atoms with Crippen LogP contribution in [0.15, 0.2) is 12.4 Å². The molecular weight excluding hydrogens is 319 g/mol. The van der Waals surface area contributed by atoms with Crippen LogP contribution in [0.4, 0.5) is 13.2 Å². The number of piperidine rings is 1. The summed E-state index contributed by atoms with van der Waals surface area (Å²) in [5.74, 6) is -1.91. The van der Waals surface area contributed by atoms with Crippen LogP contribution in [0.25, 0.3) is 0 Å². The van der Waals surface area contributed by atoms with E-state index in [1.165, 1.54) is 0 Å². The summed E-state index contributed by atoms with van der Waals surface area (Å²) in [6.45, 7) is 3.16. The summed E-state index contributed by atoms with van der Waals surface area (Å²) in [7, 11) is 0. The van der Waals surface area contributed by atoms with Crippen molar-refractivity contribution in [3.8, 4) is 0 Å². The number of alkyl halides is 3. The summed E-state index contributed by atoms with van der Waals surface area (Å²) in [5, 5.41) is 4.32. The summed E-state index contributed by atoms with van der Waals surface area (Å²) in [6, 6.07) is 0.124. The van der Waals surface area contributed by atoms with Gasteiger partial charge in [-0.05, 0) is 44.6 Å². The largest absolute Gasteiger partial charge is 0.391 e. The van der Waals surface area contributed by atoms with E-state index in [2.05, 4.69) is 5.10 Å². The molecule has 24 heavy (non-hydrogen) atoms. The maximum atomic E-state index is 13.0. The third-order valence-electron chi connectivity index (χ3n) is 5.30. The first kappa shape index (κ1) is 17.3. The fraction of sp³-hybridized carbons (Fsp3) is 0.765. The Balaban J connectivity index is 1.64. The molecule has 3 atom stereocenters. The number of hydrogen-bond acceptors (Lipinski definition) is 2. The standard InChI is InChI=1S/C17H24F3N3O/c1-12-9-21-23(10-12)15-6-3-7-22(11-15)16(24)13-4-2-5-14(8-13)17(18,19)20/h9-10,13-15H,2-8,11H2,1H3. The molecule has 2 heterocycles. The molecule has 3 unspecified atom stereocenters. The summed E-state index contributed by atoms with van der Waals surface area (Å²) in [5.41, 5.74) is 1.07. The molecule has 0 N–H and O–H groups in total. The third kappa shape index (κ3) is 3.75. The number of carbonyl (C=O) groups is 1. The molecule has 1 saturated carbocycles. The molecule has 1 aliphatic carbocycles. The first-order valence-electron chi connectivity index (χ1n) is 8.71. The molecule has 1 aliphatic heterocycles. The maximum Gasteiger partial charge on any atom is 0.391 e. The van der Waals surface area contributed by atoms with Crippen LogP contribution >= 0.6 is 0 Å². The van der Waals surface area contributed by atoms with Crippen LogP contribution in [0.5, 0.6) is 0 Å². The summed E-state index contributed by atoms with van der Waals surface area (Å²) in [4.78, 5) is 14.5. The molecular formula is C17H24F3N3O. The van der Waals surface area contributed by atoms with Gasteiger partial charge in [0.15, 0.2) is 0 Å². The molecule has 1 saturated heterocycles. The number of nitrogens with zero attached hydrogens (tertiary/aromatic N) is 3. The zero-order valence-corrected chi connectivity index (χ0v) is 13.9. The number of aromatic nitrogens is 2. The number of amides is 1. The smallest absolute Gasteiger partial charge is 0.340 e. The number of likely N-dealkylation sites (tertiary alicyclic amines) is 1. The fourth-order valence-corrected chi connectivity index (χ4v) is 3.97. The van der Waals surface area contributed by atoms with Crippen LogP contribution in [0.2, 0.25) is 0 Å². The van der Waals surface area contributed by atoms with Crippen molar-refractivity contribution in [3.63, 3.8) is 0 Å². The molecule has 1 aromatic rings. The number of carbonyl (C=O) groups excluding carboxylic acids is 1. The molecule has 2 aliphatic rings. The fourth-order valence-electron chi connectivity index (χ4n) is 3.97. The Kier molecular flexibility index (Phi) is 4.88. The van der Waals surface area contributed by atoms with Gasteiger partial charge in [-0.25, -0.2) is 0 Å². The molecule has 0 aromatic carbocycles. The van der Waals surface area contributed by atoms with E-state index in [9.17, 15) is 18.0 Å². The highest BCUT2D eigenvalue weighted by Crippen LogP contribution is 2.40. The Morgan fingerprint density at radius 2 is 2.04 bits per heavy atom. The minimum Gasteiger partial charge on any atom is -0.340 e. The van der Waals surface area contributed by atoms with Crippen molar-refractivity contribution in [2.45, 2.75) is 57.7 Å². The van der Waals surface area contributed by atoms with E-state index in [1.807, 2.05) is 17.8 Å². The van der Waals surface area contributed by atoms with Crippen LogP contribution in [-0.2, 0) is 4.79 Å². The number of halogens is 3. The van der Waals surface area contributed by atoms with E-state index >= 15 is 0 Å². The van der Waals surface area contributed by atoms with Crippen molar-refractivity contribution in [1.29, 1.82) is 0 Å². The quantitative estimate of drug-likeness (QED) is 0.821. The minimum absolute atomic E-state index is 0.0512. The Bertz CT molecular complexity index is 584. The average Bonchev–Trinajstić information content (AvgIpc) is 3.00. The van der Waals surface area contributed by atoms with Gasteiger partial charge in [-0.15, -0.1) is 0 Å². The van der Waals surface area contributed by atoms with Crippen LogP contribution in [0.3, 0.4) is 0 Å². The van der Waals surface area contributed by atoms with Gasteiger partial charge in [0.1, 0.15) is 0 Å². The lowest BCUT2D eigenvalue weighted by Gasteiger charge is -2.37. The molecule has 3 rings (SSSR count). The second-order valence-electron chi connectivity index (χ2n) is 7.18. The monoisotopic (exact) mass is 343 g/mol. The first-order valence-corrected chi connectivity index (χ1v) is 8.71. The van der Waals surface area contributed by atoms with E-state index in [-0.39, 0.29) is 24.8 Å². The van der Waals surface area contributed by atoms with Crippen LogP contribution in [0.1, 0.15) is 50.1 Å². The van der Waals surface area contributed by atoms with Crippen molar-refractivity contribution < 1.29 is 18.0 Å². The first-order chi connectivity index (χ1) is 11.3. The lowest BCUT2D eigenvalue weighted by Crippen LogP contribution is -2.45.